The molecule has 8 heteroatoms. The standard InChI is InChI=1S/C19H14ClN5O2/c1-27-15-7-5-12(6-8-15)18-24-23-17-11-21-10-16(25(17)18)19(26)22-14-4-2-3-13(20)9-14/h2-11H,1H3,(H,22,26). The largest absolute Gasteiger partial charge is 0.497 e. The zero-order chi connectivity index (χ0) is 18.8. The number of anilines is 1. The lowest BCUT2D eigenvalue weighted by atomic mass is 10.2. The van der Waals surface area contributed by atoms with Crippen LogP contribution in [0.25, 0.3) is 17.0 Å². The number of amides is 1. The van der Waals surface area contributed by atoms with Crippen LogP contribution in [0.5, 0.6) is 5.75 Å². The third kappa shape index (κ3) is 3.32. The van der Waals surface area contributed by atoms with Gasteiger partial charge in [-0.1, -0.05) is 17.7 Å². The van der Waals surface area contributed by atoms with Gasteiger partial charge in [0, 0.05) is 16.3 Å². The summed E-state index contributed by atoms with van der Waals surface area (Å²) in [6.45, 7) is 0. The van der Waals surface area contributed by atoms with Gasteiger partial charge in [0.05, 0.1) is 19.5 Å². The van der Waals surface area contributed by atoms with Crippen LogP contribution in [0.4, 0.5) is 5.69 Å². The molecule has 2 aromatic heterocycles. The van der Waals surface area contributed by atoms with Crippen LogP contribution in [0, 0.1) is 0 Å². The number of nitrogens with one attached hydrogen (secondary N) is 1. The lowest BCUT2D eigenvalue weighted by molar-refractivity contribution is 0.102. The summed E-state index contributed by atoms with van der Waals surface area (Å²) in [6.07, 6.45) is 3.03. The first-order chi connectivity index (χ1) is 13.2. The van der Waals surface area contributed by atoms with Gasteiger partial charge in [-0.05, 0) is 42.5 Å². The summed E-state index contributed by atoms with van der Waals surface area (Å²) < 4.78 is 6.85. The lowest BCUT2D eigenvalue weighted by Gasteiger charge is -2.09. The van der Waals surface area contributed by atoms with Gasteiger partial charge < -0.3 is 10.1 Å². The maximum absolute atomic E-state index is 12.8. The van der Waals surface area contributed by atoms with Crippen LogP contribution in [-0.4, -0.2) is 32.6 Å². The van der Waals surface area contributed by atoms with Crippen LogP contribution >= 0.6 is 11.6 Å². The van der Waals surface area contributed by atoms with Crippen molar-refractivity contribution in [3.05, 3.63) is 71.6 Å². The zero-order valence-corrected chi connectivity index (χ0v) is 15.0. The van der Waals surface area contributed by atoms with Crippen LogP contribution in [0.3, 0.4) is 0 Å². The number of benzene rings is 2. The number of ether oxygens (including phenoxy) is 1. The monoisotopic (exact) mass is 379 g/mol. The van der Waals surface area contributed by atoms with Crippen molar-refractivity contribution in [2.24, 2.45) is 0 Å². The fourth-order valence-electron chi connectivity index (χ4n) is 2.70. The predicted molar refractivity (Wildman–Crippen MR) is 102 cm³/mol. The molecule has 0 aliphatic rings. The van der Waals surface area contributed by atoms with E-state index in [9.17, 15) is 4.79 Å². The number of methoxy groups -OCH3 is 1. The molecule has 0 saturated heterocycles. The summed E-state index contributed by atoms with van der Waals surface area (Å²) in [6, 6.07) is 14.3. The molecular weight excluding hydrogens is 366 g/mol. The molecule has 7 nitrogen and oxygen atoms in total. The van der Waals surface area contributed by atoms with Crippen LogP contribution in [0.15, 0.2) is 60.9 Å². The first kappa shape index (κ1) is 17.0. The smallest absolute Gasteiger partial charge is 0.274 e. The molecule has 0 unspecified atom stereocenters. The molecule has 0 atom stereocenters. The van der Waals surface area contributed by atoms with Gasteiger partial charge in [0.25, 0.3) is 5.91 Å². The van der Waals surface area contributed by atoms with E-state index in [-0.39, 0.29) is 5.91 Å². The lowest BCUT2D eigenvalue weighted by Crippen LogP contribution is -2.16. The second-order valence-corrected chi connectivity index (χ2v) is 6.14. The van der Waals surface area contributed by atoms with E-state index in [1.807, 2.05) is 24.3 Å². The first-order valence-corrected chi connectivity index (χ1v) is 8.44. The van der Waals surface area contributed by atoms with Crippen LogP contribution in [-0.2, 0) is 0 Å². The molecule has 134 valence electrons. The summed E-state index contributed by atoms with van der Waals surface area (Å²) in [7, 11) is 1.60. The van der Waals surface area contributed by atoms with Crippen molar-refractivity contribution in [2.75, 3.05) is 12.4 Å². The van der Waals surface area contributed by atoms with E-state index >= 15 is 0 Å². The Balaban J connectivity index is 1.76. The number of fused-ring (bicyclic) bond motifs is 1. The molecule has 0 fully saturated rings. The van der Waals surface area contributed by atoms with Gasteiger partial charge in [-0.15, -0.1) is 10.2 Å². The van der Waals surface area contributed by atoms with Gasteiger partial charge in [-0.25, -0.2) is 0 Å². The van der Waals surface area contributed by atoms with E-state index in [2.05, 4.69) is 20.5 Å². The Hall–Kier alpha value is -3.45. The number of aromatic nitrogens is 4. The molecule has 0 bridgehead atoms. The molecule has 1 amide bonds. The SMILES string of the molecule is COc1ccc(-c2nnc3cncc(C(=O)Nc4cccc(Cl)c4)n23)cc1. The van der Waals surface area contributed by atoms with Crippen molar-refractivity contribution < 1.29 is 9.53 Å². The fourth-order valence-corrected chi connectivity index (χ4v) is 2.89. The minimum absolute atomic E-state index is 0.309. The van der Waals surface area contributed by atoms with Crippen LogP contribution in [0.1, 0.15) is 10.5 Å². The first-order valence-electron chi connectivity index (χ1n) is 8.06. The number of hydrogen-bond acceptors (Lipinski definition) is 5. The number of nitrogens with zero attached hydrogens (tertiary/aromatic N) is 4. The fraction of sp³-hybridized carbons (Fsp3) is 0.0526. The van der Waals surface area contributed by atoms with Gasteiger partial charge >= 0.3 is 0 Å². The van der Waals surface area contributed by atoms with E-state index in [1.165, 1.54) is 6.20 Å². The van der Waals surface area contributed by atoms with Crippen molar-refractivity contribution >= 4 is 28.8 Å². The molecule has 1 N–H and O–H groups in total. The summed E-state index contributed by atoms with van der Waals surface area (Å²) >= 11 is 5.98. The van der Waals surface area contributed by atoms with Crippen molar-refractivity contribution in [1.29, 1.82) is 0 Å². The molecule has 2 heterocycles. The minimum Gasteiger partial charge on any atom is -0.497 e. The number of carbonyl (C=O) groups is 1. The molecule has 4 aromatic rings. The van der Waals surface area contributed by atoms with Gasteiger partial charge in [-0.2, -0.15) is 0 Å². The highest BCUT2D eigenvalue weighted by molar-refractivity contribution is 6.30. The van der Waals surface area contributed by atoms with Crippen molar-refractivity contribution in [3.8, 4) is 17.1 Å². The molecular formula is C19H14ClN5O2. The Morgan fingerprint density at radius 2 is 1.93 bits per heavy atom. The average molecular weight is 380 g/mol. The van der Waals surface area contributed by atoms with Gasteiger partial charge in [0.15, 0.2) is 11.5 Å². The molecule has 27 heavy (non-hydrogen) atoms. The summed E-state index contributed by atoms with van der Waals surface area (Å²) in [5.74, 6) is 0.921. The van der Waals surface area contributed by atoms with Gasteiger partial charge in [0.1, 0.15) is 11.4 Å². The van der Waals surface area contributed by atoms with Crippen molar-refractivity contribution in [2.45, 2.75) is 0 Å². The maximum Gasteiger partial charge on any atom is 0.274 e. The van der Waals surface area contributed by atoms with Crippen molar-refractivity contribution in [3.63, 3.8) is 0 Å². The normalized spacial score (nSPS) is 10.7. The highest BCUT2D eigenvalue weighted by atomic mass is 35.5. The topological polar surface area (TPSA) is 81.4 Å². The second-order valence-electron chi connectivity index (χ2n) is 5.70. The number of halogens is 1. The van der Waals surface area contributed by atoms with Crippen LogP contribution in [0.2, 0.25) is 5.02 Å². The summed E-state index contributed by atoms with van der Waals surface area (Å²) in [5, 5.41) is 11.7. The quantitative estimate of drug-likeness (QED) is 0.584. The van der Waals surface area contributed by atoms with Crippen molar-refractivity contribution in [1.82, 2.24) is 19.6 Å². The number of rotatable bonds is 4. The van der Waals surface area contributed by atoms with Crippen LogP contribution < -0.4 is 10.1 Å². The molecule has 4 rings (SSSR count). The number of carbonyl (C=O) groups excluding carboxylic acids is 1. The van der Waals surface area contributed by atoms with Gasteiger partial charge in [-0.3, -0.25) is 14.2 Å². The zero-order valence-electron chi connectivity index (χ0n) is 14.3. The Kier molecular flexibility index (Phi) is 4.43. The third-order valence-electron chi connectivity index (χ3n) is 3.98. The summed E-state index contributed by atoms with van der Waals surface area (Å²) in [4.78, 5) is 16.9. The Bertz CT molecular complexity index is 1120. The summed E-state index contributed by atoms with van der Waals surface area (Å²) in [5.41, 5.74) is 2.16. The maximum atomic E-state index is 12.8. The highest BCUT2D eigenvalue weighted by Crippen LogP contribution is 2.23. The Morgan fingerprint density at radius 3 is 2.67 bits per heavy atom. The van der Waals surface area contributed by atoms with E-state index < -0.39 is 0 Å². The molecule has 2 aromatic carbocycles. The molecule has 0 spiro atoms. The molecule has 0 saturated carbocycles. The molecule has 0 radical (unpaired) electrons. The van der Waals surface area contributed by atoms with E-state index in [4.69, 9.17) is 16.3 Å². The van der Waals surface area contributed by atoms with E-state index in [0.29, 0.717) is 27.9 Å². The second kappa shape index (κ2) is 7.05. The Labute approximate surface area is 159 Å². The minimum atomic E-state index is -0.343. The number of hydrogen-bond donors (Lipinski definition) is 1. The average Bonchev–Trinajstić information content (AvgIpc) is 3.12. The van der Waals surface area contributed by atoms with E-state index in [0.717, 1.165) is 11.3 Å². The third-order valence-corrected chi connectivity index (χ3v) is 4.21. The molecule has 0 aliphatic heterocycles. The Morgan fingerprint density at radius 1 is 1.11 bits per heavy atom. The van der Waals surface area contributed by atoms with Gasteiger partial charge in [0.2, 0.25) is 0 Å². The van der Waals surface area contributed by atoms with E-state index in [1.54, 1.807) is 42.0 Å². The molecule has 0 aliphatic carbocycles. The predicted octanol–water partition coefficient (Wildman–Crippen LogP) is 3.71. The highest BCUT2D eigenvalue weighted by Gasteiger charge is 2.17.